The van der Waals surface area contributed by atoms with Crippen molar-refractivity contribution in [3.63, 3.8) is 0 Å². The van der Waals surface area contributed by atoms with E-state index in [4.69, 9.17) is 4.98 Å². The van der Waals surface area contributed by atoms with Crippen LogP contribution in [-0.2, 0) is 0 Å². The molecule has 2 aliphatic rings. The number of rotatable bonds is 3. The predicted octanol–water partition coefficient (Wildman–Crippen LogP) is 4.52. The number of hydrogen-bond acceptors (Lipinski definition) is 5. The molecule has 156 valence electrons. The number of nitrogens with one attached hydrogen (secondary N) is 1. The lowest BCUT2D eigenvalue weighted by atomic mass is 9.96. The van der Waals surface area contributed by atoms with Gasteiger partial charge in [0.05, 0.1) is 0 Å². The molecule has 1 N–H and O–H groups in total. The van der Waals surface area contributed by atoms with Crippen molar-refractivity contribution < 1.29 is 4.79 Å². The molecule has 1 aliphatic carbocycles. The highest BCUT2D eigenvalue weighted by Crippen LogP contribution is 2.33. The molecular weight excluding hydrogens is 394 g/mol. The average molecular weight is 422 g/mol. The van der Waals surface area contributed by atoms with Gasteiger partial charge in [0.2, 0.25) is 0 Å². The van der Waals surface area contributed by atoms with Gasteiger partial charge >= 0.3 is 6.03 Å². The third-order valence-corrected chi connectivity index (χ3v) is 6.94. The first-order chi connectivity index (χ1) is 14.8. The van der Waals surface area contributed by atoms with Crippen LogP contribution in [0.1, 0.15) is 32.1 Å². The van der Waals surface area contributed by atoms with Crippen LogP contribution in [0, 0.1) is 0 Å². The van der Waals surface area contributed by atoms with E-state index >= 15 is 0 Å². The van der Waals surface area contributed by atoms with Gasteiger partial charge in [-0.25, -0.2) is 9.78 Å². The Morgan fingerprint density at radius 1 is 1.07 bits per heavy atom. The fraction of sp³-hybridized carbons (Fsp3) is 0.435. The largest absolute Gasteiger partial charge is 0.351 e. The summed E-state index contributed by atoms with van der Waals surface area (Å²) in [7, 11) is 0. The van der Waals surface area contributed by atoms with Crippen LogP contribution in [-0.4, -0.2) is 53.1 Å². The molecule has 30 heavy (non-hydrogen) atoms. The summed E-state index contributed by atoms with van der Waals surface area (Å²) in [4.78, 5) is 26.3. The van der Waals surface area contributed by atoms with E-state index in [0.717, 1.165) is 48.2 Å². The van der Waals surface area contributed by atoms with E-state index in [1.807, 2.05) is 23.4 Å². The number of pyridine rings is 2. The minimum absolute atomic E-state index is 0.0882. The highest BCUT2D eigenvalue weighted by atomic mass is 32.1. The van der Waals surface area contributed by atoms with Gasteiger partial charge in [0.15, 0.2) is 5.82 Å². The number of hydrogen-bond donors (Lipinski definition) is 1. The van der Waals surface area contributed by atoms with Crippen LogP contribution in [0.25, 0.3) is 22.0 Å². The summed E-state index contributed by atoms with van der Waals surface area (Å²) in [6, 6.07) is 6.66. The number of fused-ring (bicyclic) bond motifs is 1. The Bertz CT molecular complexity index is 1010. The second kappa shape index (κ2) is 8.60. The lowest BCUT2D eigenvalue weighted by Crippen LogP contribution is -2.53. The fourth-order valence-electron chi connectivity index (χ4n) is 4.57. The molecule has 3 aromatic heterocycles. The maximum absolute atomic E-state index is 12.7. The zero-order valence-electron chi connectivity index (χ0n) is 17.1. The molecule has 7 heteroatoms. The summed E-state index contributed by atoms with van der Waals surface area (Å²) in [5.41, 5.74) is 3.23. The molecule has 1 aliphatic heterocycles. The van der Waals surface area contributed by atoms with E-state index < -0.39 is 0 Å². The molecule has 0 spiro atoms. The minimum Gasteiger partial charge on any atom is -0.351 e. The van der Waals surface area contributed by atoms with Gasteiger partial charge in [-0.15, -0.1) is 0 Å². The van der Waals surface area contributed by atoms with Crippen LogP contribution < -0.4 is 10.2 Å². The Labute approximate surface area is 180 Å². The van der Waals surface area contributed by atoms with Crippen molar-refractivity contribution in [1.82, 2.24) is 20.2 Å². The van der Waals surface area contributed by atoms with Crippen molar-refractivity contribution in [3.8, 4) is 11.1 Å². The first kappa shape index (κ1) is 19.3. The van der Waals surface area contributed by atoms with Gasteiger partial charge in [0.25, 0.3) is 0 Å². The molecular formula is C23H27N5OS. The van der Waals surface area contributed by atoms with Crippen molar-refractivity contribution in [1.29, 1.82) is 0 Å². The van der Waals surface area contributed by atoms with E-state index in [9.17, 15) is 4.79 Å². The summed E-state index contributed by atoms with van der Waals surface area (Å²) < 4.78 is 0. The lowest BCUT2D eigenvalue weighted by molar-refractivity contribution is 0.186. The van der Waals surface area contributed by atoms with Gasteiger partial charge < -0.3 is 15.1 Å². The summed E-state index contributed by atoms with van der Waals surface area (Å²) >= 11 is 1.69. The second-order valence-electron chi connectivity index (χ2n) is 8.17. The molecule has 6 nitrogen and oxygen atoms in total. The van der Waals surface area contributed by atoms with Crippen molar-refractivity contribution in [2.45, 2.75) is 38.1 Å². The molecule has 0 radical (unpaired) electrons. The first-order valence-electron chi connectivity index (χ1n) is 10.9. The Hall–Kier alpha value is -2.67. The normalized spacial score (nSPS) is 18.0. The van der Waals surface area contributed by atoms with Gasteiger partial charge in [-0.2, -0.15) is 11.3 Å². The molecule has 5 rings (SSSR count). The molecule has 2 fully saturated rings. The lowest BCUT2D eigenvalue weighted by Gasteiger charge is -2.36. The van der Waals surface area contributed by atoms with Crippen molar-refractivity contribution in [2.24, 2.45) is 0 Å². The molecule has 3 aromatic rings. The first-order valence-corrected chi connectivity index (χ1v) is 11.8. The number of carbonyl (C=O) groups is 1. The molecule has 2 amide bonds. The van der Waals surface area contributed by atoms with Crippen molar-refractivity contribution in [3.05, 3.63) is 41.4 Å². The molecule has 0 atom stereocenters. The highest BCUT2D eigenvalue weighted by Gasteiger charge is 2.25. The molecule has 0 bridgehead atoms. The summed E-state index contributed by atoms with van der Waals surface area (Å²) in [6.45, 7) is 2.96. The molecule has 1 saturated heterocycles. The Morgan fingerprint density at radius 3 is 2.67 bits per heavy atom. The molecule has 0 unspecified atom stereocenters. The number of anilines is 1. The van der Waals surface area contributed by atoms with Gasteiger partial charge in [-0.05, 0) is 41.3 Å². The third kappa shape index (κ3) is 3.86. The SMILES string of the molecule is O=C(NC1CCCCC1)N1CCN(c2ncc(-c3ccsc3)c3cccnc23)CC1. The topological polar surface area (TPSA) is 61.4 Å². The Balaban J connectivity index is 1.30. The van der Waals surface area contributed by atoms with Crippen LogP contribution in [0.3, 0.4) is 0 Å². The number of thiophene rings is 1. The number of carbonyl (C=O) groups excluding carboxylic acids is 1. The van der Waals surface area contributed by atoms with E-state index in [-0.39, 0.29) is 6.03 Å². The van der Waals surface area contributed by atoms with Crippen LogP contribution in [0.2, 0.25) is 0 Å². The number of aromatic nitrogens is 2. The number of urea groups is 1. The number of nitrogens with zero attached hydrogens (tertiary/aromatic N) is 4. The van der Waals surface area contributed by atoms with E-state index in [0.29, 0.717) is 19.1 Å². The van der Waals surface area contributed by atoms with Gasteiger partial charge in [-0.3, -0.25) is 4.98 Å². The summed E-state index contributed by atoms with van der Waals surface area (Å²) in [5, 5.41) is 8.59. The van der Waals surface area contributed by atoms with Gasteiger partial charge in [0.1, 0.15) is 5.52 Å². The molecule has 0 aromatic carbocycles. The molecule has 1 saturated carbocycles. The van der Waals surface area contributed by atoms with E-state index in [1.165, 1.54) is 24.8 Å². The average Bonchev–Trinajstić information content (AvgIpc) is 3.34. The van der Waals surface area contributed by atoms with E-state index in [2.05, 4.69) is 38.1 Å². The minimum atomic E-state index is 0.0882. The fourth-order valence-corrected chi connectivity index (χ4v) is 5.23. The van der Waals surface area contributed by atoms with Gasteiger partial charge in [0, 0.05) is 55.6 Å². The molecule has 4 heterocycles. The standard InChI is InChI=1S/C23H27N5OS/c29-23(26-18-5-2-1-3-6-18)28-12-10-27(11-13-28)22-21-19(7-4-9-24-21)20(15-25-22)17-8-14-30-16-17/h4,7-9,14-16,18H,1-3,5-6,10-13H2,(H,26,29). The van der Waals surface area contributed by atoms with Crippen LogP contribution in [0.15, 0.2) is 41.4 Å². The highest BCUT2D eigenvalue weighted by molar-refractivity contribution is 7.08. The Kier molecular flexibility index (Phi) is 5.53. The third-order valence-electron chi connectivity index (χ3n) is 6.26. The number of piperazine rings is 1. The van der Waals surface area contributed by atoms with Crippen LogP contribution in [0.5, 0.6) is 0 Å². The zero-order chi connectivity index (χ0) is 20.3. The quantitative estimate of drug-likeness (QED) is 0.675. The Morgan fingerprint density at radius 2 is 1.90 bits per heavy atom. The predicted molar refractivity (Wildman–Crippen MR) is 122 cm³/mol. The second-order valence-corrected chi connectivity index (χ2v) is 8.95. The summed E-state index contributed by atoms with van der Waals surface area (Å²) in [6.07, 6.45) is 9.78. The van der Waals surface area contributed by atoms with Crippen molar-refractivity contribution in [2.75, 3.05) is 31.1 Å². The number of amides is 2. The van der Waals surface area contributed by atoms with Gasteiger partial charge in [-0.1, -0.05) is 25.3 Å². The summed E-state index contributed by atoms with van der Waals surface area (Å²) in [5.74, 6) is 0.914. The van der Waals surface area contributed by atoms with Crippen LogP contribution >= 0.6 is 11.3 Å². The zero-order valence-corrected chi connectivity index (χ0v) is 17.9. The maximum atomic E-state index is 12.7. The van der Waals surface area contributed by atoms with Crippen molar-refractivity contribution >= 4 is 34.1 Å². The monoisotopic (exact) mass is 421 g/mol. The van der Waals surface area contributed by atoms with E-state index in [1.54, 1.807) is 11.3 Å². The smallest absolute Gasteiger partial charge is 0.317 e. The van der Waals surface area contributed by atoms with Crippen LogP contribution in [0.4, 0.5) is 10.6 Å². The maximum Gasteiger partial charge on any atom is 0.317 e.